The number of likely N-dealkylation sites (tertiary alicyclic amines) is 1. The lowest BCUT2D eigenvalue weighted by atomic mass is 9.96. The van der Waals surface area contributed by atoms with Crippen molar-refractivity contribution >= 4 is 0 Å². The van der Waals surface area contributed by atoms with E-state index in [1.165, 1.54) is 49.0 Å². The van der Waals surface area contributed by atoms with E-state index in [0.717, 1.165) is 25.1 Å². The lowest BCUT2D eigenvalue weighted by molar-refractivity contribution is 0.0375. The van der Waals surface area contributed by atoms with E-state index in [4.69, 9.17) is 9.26 Å². The Bertz CT molecular complexity index is 962. The fourth-order valence-corrected chi connectivity index (χ4v) is 4.44. The van der Waals surface area contributed by atoms with E-state index >= 15 is 0 Å². The summed E-state index contributed by atoms with van der Waals surface area (Å²) in [6.45, 7) is 4.12. The van der Waals surface area contributed by atoms with Gasteiger partial charge in [0, 0.05) is 12.1 Å². The highest BCUT2D eigenvalue weighted by Crippen LogP contribution is 2.30. The van der Waals surface area contributed by atoms with Gasteiger partial charge in [-0.05, 0) is 55.1 Å². The normalized spacial score (nSPS) is 19.8. The van der Waals surface area contributed by atoms with Crippen molar-refractivity contribution in [2.75, 3.05) is 19.7 Å². The molecule has 0 saturated carbocycles. The van der Waals surface area contributed by atoms with Crippen LogP contribution in [-0.2, 0) is 24.1 Å². The van der Waals surface area contributed by atoms with Gasteiger partial charge in [-0.3, -0.25) is 4.90 Å². The zero-order valence-corrected chi connectivity index (χ0v) is 16.7. The van der Waals surface area contributed by atoms with Crippen LogP contribution in [-0.4, -0.2) is 34.7 Å². The predicted octanol–water partition coefficient (Wildman–Crippen LogP) is 4.58. The van der Waals surface area contributed by atoms with Crippen molar-refractivity contribution in [1.82, 2.24) is 15.0 Å². The Hall–Kier alpha value is -2.50. The van der Waals surface area contributed by atoms with Gasteiger partial charge in [-0.25, -0.2) is 0 Å². The molecule has 1 fully saturated rings. The zero-order chi connectivity index (χ0) is 19.5. The molecule has 1 aromatic heterocycles. The van der Waals surface area contributed by atoms with Crippen LogP contribution in [0.4, 0.5) is 0 Å². The Balaban J connectivity index is 1.30. The smallest absolute Gasteiger partial charge is 0.229 e. The van der Waals surface area contributed by atoms with Crippen LogP contribution in [0.5, 0.6) is 0 Å². The molecule has 2 aromatic carbocycles. The fourth-order valence-electron chi connectivity index (χ4n) is 4.44. The molecule has 5 heteroatoms. The van der Waals surface area contributed by atoms with Crippen LogP contribution in [0.25, 0.3) is 11.4 Å². The molecule has 3 aromatic rings. The Morgan fingerprint density at radius 1 is 1.00 bits per heavy atom. The highest BCUT2D eigenvalue weighted by Gasteiger charge is 2.23. The molecular weight excluding hydrogens is 362 g/mol. The minimum atomic E-state index is -0.0151. The van der Waals surface area contributed by atoms with E-state index < -0.39 is 0 Å². The summed E-state index contributed by atoms with van der Waals surface area (Å²) in [5.74, 6) is 1.28. The molecule has 1 saturated heterocycles. The molecule has 2 aliphatic rings. The average Bonchev–Trinajstić information content (AvgIpc) is 3.24. The molecular formula is C24H27N3O2. The highest BCUT2D eigenvalue weighted by molar-refractivity contribution is 5.55. The lowest BCUT2D eigenvalue weighted by Crippen LogP contribution is -2.29. The first-order valence-electron chi connectivity index (χ1n) is 10.7. The number of benzene rings is 2. The molecule has 0 amide bonds. The van der Waals surface area contributed by atoms with Crippen molar-refractivity contribution < 1.29 is 9.26 Å². The van der Waals surface area contributed by atoms with Gasteiger partial charge >= 0.3 is 0 Å². The summed E-state index contributed by atoms with van der Waals surface area (Å²) < 4.78 is 11.6. The molecule has 0 spiro atoms. The largest absolute Gasteiger partial charge is 0.373 e. The monoisotopic (exact) mass is 389 g/mol. The van der Waals surface area contributed by atoms with Gasteiger partial charge in [0.1, 0.15) is 0 Å². The molecule has 0 aliphatic carbocycles. The number of rotatable bonds is 5. The predicted molar refractivity (Wildman–Crippen MR) is 111 cm³/mol. The van der Waals surface area contributed by atoms with E-state index in [1.807, 2.05) is 0 Å². The van der Waals surface area contributed by atoms with Crippen molar-refractivity contribution in [3.63, 3.8) is 0 Å². The molecule has 29 heavy (non-hydrogen) atoms. The summed E-state index contributed by atoms with van der Waals surface area (Å²) in [4.78, 5) is 7.19. The van der Waals surface area contributed by atoms with E-state index in [-0.39, 0.29) is 6.10 Å². The Morgan fingerprint density at radius 2 is 1.90 bits per heavy atom. The summed E-state index contributed by atoms with van der Waals surface area (Å²) in [5.41, 5.74) is 4.91. The third-order valence-corrected chi connectivity index (χ3v) is 5.96. The van der Waals surface area contributed by atoms with Crippen LogP contribution >= 0.6 is 0 Å². The van der Waals surface area contributed by atoms with E-state index in [1.54, 1.807) is 0 Å². The second-order valence-corrected chi connectivity index (χ2v) is 8.06. The first-order chi connectivity index (χ1) is 14.3. The third-order valence-electron chi connectivity index (χ3n) is 5.96. The number of hydrogen-bond acceptors (Lipinski definition) is 5. The van der Waals surface area contributed by atoms with Gasteiger partial charge < -0.3 is 9.26 Å². The van der Waals surface area contributed by atoms with Gasteiger partial charge in [-0.15, -0.1) is 0 Å². The van der Waals surface area contributed by atoms with Crippen molar-refractivity contribution in [3.8, 4) is 11.4 Å². The fraction of sp³-hybridized carbons (Fsp3) is 0.417. The van der Waals surface area contributed by atoms with Crippen LogP contribution < -0.4 is 0 Å². The number of aromatic nitrogens is 2. The van der Waals surface area contributed by atoms with Crippen LogP contribution in [0.1, 0.15) is 47.9 Å². The second-order valence-electron chi connectivity index (χ2n) is 8.06. The maximum atomic E-state index is 5.99. The summed E-state index contributed by atoms with van der Waals surface area (Å²) in [6, 6.07) is 17.0. The number of fused-ring (bicyclic) bond motifs is 1. The Morgan fingerprint density at radius 3 is 2.83 bits per heavy atom. The topological polar surface area (TPSA) is 51.4 Å². The van der Waals surface area contributed by atoms with E-state index in [9.17, 15) is 0 Å². The summed E-state index contributed by atoms with van der Waals surface area (Å²) in [7, 11) is 0. The van der Waals surface area contributed by atoms with Crippen LogP contribution in [0.3, 0.4) is 0 Å². The van der Waals surface area contributed by atoms with E-state index in [0.29, 0.717) is 18.1 Å². The van der Waals surface area contributed by atoms with Gasteiger partial charge in [0.25, 0.3) is 0 Å². The molecule has 150 valence electrons. The zero-order valence-electron chi connectivity index (χ0n) is 16.7. The molecule has 5 rings (SSSR count). The van der Waals surface area contributed by atoms with Gasteiger partial charge in [-0.2, -0.15) is 4.98 Å². The first kappa shape index (κ1) is 18.5. The molecule has 3 heterocycles. The number of nitrogens with zero attached hydrogens (tertiary/aromatic N) is 3. The molecule has 5 nitrogen and oxygen atoms in total. The lowest BCUT2D eigenvalue weighted by Gasteiger charge is -2.26. The Labute approximate surface area is 171 Å². The average molecular weight is 389 g/mol. The molecule has 0 radical (unpaired) electrons. The number of hydrogen-bond donors (Lipinski definition) is 0. The van der Waals surface area contributed by atoms with Crippen molar-refractivity contribution in [2.24, 2.45) is 0 Å². The van der Waals surface area contributed by atoms with Gasteiger partial charge in [0.15, 0.2) is 0 Å². The summed E-state index contributed by atoms with van der Waals surface area (Å²) >= 11 is 0. The van der Waals surface area contributed by atoms with Crippen LogP contribution in [0, 0.1) is 0 Å². The van der Waals surface area contributed by atoms with Gasteiger partial charge in [0.05, 0.1) is 19.1 Å². The van der Waals surface area contributed by atoms with E-state index in [2.05, 4.69) is 63.6 Å². The number of piperidine rings is 1. The van der Waals surface area contributed by atoms with Crippen LogP contribution in [0.15, 0.2) is 53.1 Å². The molecule has 0 N–H and O–H groups in total. The second kappa shape index (κ2) is 8.47. The minimum absolute atomic E-state index is 0.0151. The molecule has 2 aliphatic heterocycles. The van der Waals surface area contributed by atoms with Crippen LogP contribution in [0.2, 0.25) is 0 Å². The first-order valence-corrected chi connectivity index (χ1v) is 10.7. The minimum Gasteiger partial charge on any atom is -0.373 e. The molecule has 1 unspecified atom stereocenters. The number of ether oxygens (including phenoxy) is 1. The summed E-state index contributed by atoms with van der Waals surface area (Å²) in [6.07, 6.45) is 5.53. The van der Waals surface area contributed by atoms with Crippen molar-refractivity contribution in [2.45, 2.75) is 44.8 Å². The van der Waals surface area contributed by atoms with Crippen molar-refractivity contribution in [1.29, 1.82) is 0 Å². The van der Waals surface area contributed by atoms with Gasteiger partial charge in [0.2, 0.25) is 11.7 Å². The van der Waals surface area contributed by atoms with Crippen molar-refractivity contribution in [3.05, 3.63) is 71.1 Å². The summed E-state index contributed by atoms with van der Waals surface area (Å²) in [5, 5.41) is 4.24. The maximum Gasteiger partial charge on any atom is 0.229 e. The molecule has 1 atom stereocenters. The van der Waals surface area contributed by atoms with Gasteiger partial charge in [-0.1, -0.05) is 54.0 Å². The SMILES string of the molecule is c1cc(CN2CCCCC2)cc(-c2noc(CC3OCCc4ccccc43)n2)c1. The highest BCUT2D eigenvalue weighted by atomic mass is 16.5. The standard InChI is InChI=1S/C24H27N3O2/c1-4-12-27(13-5-1)17-18-7-6-9-20(15-18)24-25-23(29-26-24)16-22-21-10-3-2-8-19(21)11-14-28-22/h2-3,6-10,15,22H,1,4-5,11-14,16-17H2. The maximum absolute atomic E-state index is 5.99. The third kappa shape index (κ3) is 4.26. The molecule has 0 bridgehead atoms. The Kier molecular flexibility index (Phi) is 5.41. The quantitative estimate of drug-likeness (QED) is 0.639.